The normalized spacial score (nSPS) is 37.1. The van der Waals surface area contributed by atoms with Gasteiger partial charge >= 0.3 is 12.1 Å². The maximum Gasteiger partial charge on any atom is 0.415 e. The molecule has 0 heterocycles. The number of carbonyl (C=O) groups is 2. The topological polar surface area (TPSA) is 87.7 Å². The molecule has 6 heteroatoms. The zero-order chi connectivity index (χ0) is 22.2. The Morgan fingerprint density at radius 3 is 2.67 bits per heavy atom. The van der Waals surface area contributed by atoms with Crippen molar-refractivity contribution in [3.8, 4) is 0 Å². The van der Waals surface area contributed by atoms with Crippen molar-refractivity contribution in [2.24, 2.45) is 28.1 Å². The van der Waals surface area contributed by atoms with E-state index in [1.807, 2.05) is 0 Å². The molecule has 6 nitrogen and oxygen atoms in total. The molecule has 2 saturated carbocycles. The molecule has 3 N–H and O–H groups in total. The van der Waals surface area contributed by atoms with E-state index >= 15 is 0 Å². The van der Waals surface area contributed by atoms with E-state index < -0.39 is 12.1 Å². The smallest absolute Gasteiger partial charge is 0.415 e. The third-order valence-electron chi connectivity index (χ3n) is 8.18. The minimum Gasteiger partial charge on any atom is -0.445 e. The van der Waals surface area contributed by atoms with Crippen LogP contribution in [0.1, 0.15) is 66.2 Å². The van der Waals surface area contributed by atoms with Crippen LogP contribution in [0.4, 0.5) is 9.59 Å². The molecule has 3 rings (SSSR count). The molecule has 3 aliphatic carbocycles. The minimum atomic E-state index is -0.723. The first kappa shape index (κ1) is 22.9. The van der Waals surface area contributed by atoms with Crippen LogP contribution in [0.25, 0.3) is 0 Å². The van der Waals surface area contributed by atoms with Gasteiger partial charge in [-0.3, -0.25) is 0 Å². The summed E-state index contributed by atoms with van der Waals surface area (Å²) < 4.78 is 5.73. The van der Waals surface area contributed by atoms with E-state index in [-0.39, 0.29) is 35.5 Å². The number of carbonyl (C=O) groups excluding carboxylic acids is 2. The number of hydrogen-bond acceptors (Lipinski definition) is 4. The van der Waals surface area contributed by atoms with Crippen molar-refractivity contribution < 1.29 is 19.4 Å². The summed E-state index contributed by atoms with van der Waals surface area (Å²) in [4.78, 5) is 23.9. The number of ether oxygens (including phenoxy) is 1. The first-order valence-electron chi connectivity index (χ1n) is 11.3. The summed E-state index contributed by atoms with van der Waals surface area (Å²) in [5.41, 5.74) is 1.75. The Labute approximate surface area is 180 Å². The Balaban J connectivity index is 1.72. The minimum absolute atomic E-state index is 0.0929. The van der Waals surface area contributed by atoms with Crippen LogP contribution in [0.15, 0.2) is 24.3 Å². The van der Waals surface area contributed by atoms with E-state index in [2.05, 4.69) is 57.1 Å². The number of urea groups is 1. The van der Waals surface area contributed by atoms with Gasteiger partial charge in [-0.1, -0.05) is 45.4 Å². The predicted octanol–water partition coefficient (Wildman–Crippen LogP) is 4.55. The second-order valence-corrected chi connectivity index (χ2v) is 10.5. The van der Waals surface area contributed by atoms with Gasteiger partial charge in [0.2, 0.25) is 0 Å². The highest BCUT2D eigenvalue weighted by Gasteiger charge is 2.57. The zero-order valence-electron chi connectivity index (χ0n) is 18.9. The standard InChI is InChI=1S/C24H38N2O4/c1-6-23(4)11-9-17-16(15-23)7-8-18-22(2,3)19(10-12-24(17,18)5)30-21(29)26-20(28)25-13-14-27/h6,9,16,18-19,27H,1,7-8,10-15H2,2-5H3,(H2,25,26,28,29). The highest BCUT2D eigenvalue weighted by atomic mass is 16.6. The molecule has 0 aromatic heterocycles. The van der Waals surface area contributed by atoms with Crippen molar-refractivity contribution in [2.45, 2.75) is 72.3 Å². The Morgan fingerprint density at radius 1 is 1.27 bits per heavy atom. The Morgan fingerprint density at radius 2 is 2.00 bits per heavy atom. The van der Waals surface area contributed by atoms with Gasteiger partial charge in [0.25, 0.3) is 0 Å². The Hall–Kier alpha value is -1.82. The summed E-state index contributed by atoms with van der Waals surface area (Å²) >= 11 is 0. The van der Waals surface area contributed by atoms with Crippen LogP contribution in [-0.2, 0) is 4.74 Å². The fourth-order valence-electron chi connectivity index (χ4n) is 6.49. The lowest BCUT2D eigenvalue weighted by Gasteiger charge is -2.60. The third kappa shape index (κ3) is 4.16. The molecule has 0 aromatic carbocycles. The SMILES string of the molecule is C=CC1(C)CC=C2C(CCC3C2(C)CCC(OC(=O)NC(=O)NCCO)C3(C)C)C1. The van der Waals surface area contributed by atoms with Crippen LogP contribution in [0.3, 0.4) is 0 Å². The number of hydrogen-bond donors (Lipinski definition) is 3. The molecule has 30 heavy (non-hydrogen) atoms. The molecule has 5 atom stereocenters. The van der Waals surface area contributed by atoms with E-state index in [9.17, 15) is 9.59 Å². The fraction of sp³-hybridized carbons (Fsp3) is 0.750. The number of nitrogens with one attached hydrogen (secondary N) is 2. The lowest BCUT2D eigenvalue weighted by molar-refractivity contribution is -0.103. The molecule has 2 fully saturated rings. The molecule has 168 valence electrons. The van der Waals surface area contributed by atoms with Crippen LogP contribution in [0, 0.1) is 28.1 Å². The average Bonchev–Trinajstić information content (AvgIpc) is 2.68. The number of aliphatic hydroxyl groups excluding tert-OH is 1. The van der Waals surface area contributed by atoms with Crippen LogP contribution in [-0.4, -0.2) is 36.5 Å². The Bertz CT molecular complexity index is 731. The quantitative estimate of drug-likeness (QED) is 0.585. The summed E-state index contributed by atoms with van der Waals surface area (Å²) in [5, 5.41) is 13.4. The molecule has 3 aliphatic rings. The van der Waals surface area contributed by atoms with Crippen molar-refractivity contribution in [3.63, 3.8) is 0 Å². The number of imide groups is 1. The van der Waals surface area contributed by atoms with Crippen LogP contribution in [0.5, 0.6) is 0 Å². The predicted molar refractivity (Wildman–Crippen MR) is 117 cm³/mol. The number of fused-ring (bicyclic) bond motifs is 3. The molecule has 3 amide bonds. The van der Waals surface area contributed by atoms with Gasteiger partial charge in [0, 0.05) is 12.0 Å². The maximum atomic E-state index is 12.3. The van der Waals surface area contributed by atoms with Gasteiger partial charge < -0.3 is 15.2 Å². The fourth-order valence-corrected chi connectivity index (χ4v) is 6.49. The highest BCUT2D eigenvalue weighted by molar-refractivity contribution is 5.90. The van der Waals surface area contributed by atoms with Gasteiger partial charge in [-0.15, -0.1) is 6.58 Å². The van der Waals surface area contributed by atoms with Crippen molar-refractivity contribution in [1.82, 2.24) is 10.6 Å². The van der Waals surface area contributed by atoms with Gasteiger partial charge in [0.1, 0.15) is 6.10 Å². The molecule has 0 radical (unpaired) electrons. The Kier molecular flexibility index (Phi) is 6.38. The van der Waals surface area contributed by atoms with Gasteiger partial charge in [0.15, 0.2) is 0 Å². The average molecular weight is 419 g/mol. The van der Waals surface area contributed by atoms with Crippen molar-refractivity contribution in [2.75, 3.05) is 13.2 Å². The monoisotopic (exact) mass is 418 g/mol. The number of alkyl carbamates (subject to hydrolysis) is 1. The lowest BCUT2D eigenvalue weighted by Crippen LogP contribution is -2.56. The molecule has 0 saturated heterocycles. The van der Waals surface area contributed by atoms with E-state index in [0.29, 0.717) is 11.8 Å². The summed E-state index contributed by atoms with van der Waals surface area (Å²) in [6.45, 7) is 13.1. The molecule has 0 bridgehead atoms. The molecule has 0 aliphatic heterocycles. The first-order valence-corrected chi connectivity index (χ1v) is 11.3. The lowest BCUT2D eigenvalue weighted by atomic mass is 9.46. The molecule has 0 spiro atoms. The summed E-state index contributed by atoms with van der Waals surface area (Å²) in [5.74, 6) is 1.05. The zero-order valence-corrected chi connectivity index (χ0v) is 18.9. The van der Waals surface area contributed by atoms with E-state index in [1.165, 1.54) is 12.8 Å². The second kappa shape index (κ2) is 8.37. The van der Waals surface area contributed by atoms with Gasteiger partial charge in [0.05, 0.1) is 6.61 Å². The number of allylic oxidation sites excluding steroid dienone is 3. The highest BCUT2D eigenvalue weighted by Crippen LogP contribution is 2.64. The van der Waals surface area contributed by atoms with Crippen LogP contribution in [0.2, 0.25) is 0 Å². The van der Waals surface area contributed by atoms with Crippen LogP contribution < -0.4 is 10.6 Å². The molecular weight excluding hydrogens is 380 g/mol. The first-order chi connectivity index (χ1) is 14.1. The maximum absolute atomic E-state index is 12.3. The molecular formula is C24H38N2O4. The van der Waals surface area contributed by atoms with E-state index in [4.69, 9.17) is 9.84 Å². The van der Waals surface area contributed by atoms with Crippen molar-refractivity contribution >= 4 is 12.1 Å². The van der Waals surface area contributed by atoms with Crippen molar-refractivity contribution in [1.29, 1.82) is 0 Å². The van der Waals surface area contributed by atoms with E-state index in [0.717, 1.165) is 25.7 Å². The van der Waals surface area contributed by atoms with Gasteiger partial charge in [-0.25, -0.2) is 14.9 Å². The summed E-state index contributed by atoms with van der Waals surface area (Å²) in [6, 6.07) is -0.648. The third-order valence-corrected chi connectivity index (χ3v) is 8.18. The summed E-state index contributed by atoms with van der Waals surface area (Å²) in [6.07, 6.45) is 9.94. The van der Waals surface area contributed by atoms with Gasteiger partial charge in [-0.2, -0.15) is 0 Å². The van der Waals surface area contributed by atoms with Gasteiger partial charge in [-0.05, 0) is 61.2 Å². The molecule has 5 unspecified atom stereocenters. The second-order valence-electron chi connectivity index (χ2n) is 10.5. The van der Waals surface area contributed by atoms with E-state index in [1.54, 1.807) is 5.57 Å². The number of rotatable bonds is 4. The largest absolute Gasteiger partial charge is 0.445 e. The number of aliphatic hydroxyl groups is 1. The summed E-state index contributed by atoms with van der Waals surface area (Å²) in [7, 11) is 0. The van der Waals surface area contributed by atoms with Crippen molar-refractivity contribution in [3.05, 3.63) is 24.3 Å². The number of amides is 3. The van der Waals surface area contributed by atoms with Crippen LogP contribution >= 0.6 is 0 Å². The molecule has 0 aromatic rings.